The minimum atomic E-state index is -1.19. The van der Waals surface area contributed by atoms with Crippen LogP contribution in [0, 0.1) is 0 Å². The highest BCUT2D eigenvalue weighted by Crippen LogP contribution is 2.42. The van der Waals surface area contributed by atoms with Crippen molar-refractivity contribution in [1.82, 2.24) is 0 Å². The third-order valence-electron chi connectivity index (χ3n) is 4.48. The summed E-state index contributed by atoms with van der Waals surface area (Å²) in [5, 5.41) is 19.7. The number of benzene rings is 2. The van der Waals surface area contributed by atoms with Gasteiger partial charge in [0.05, 0.1) is 23.6 Å². The van der Waals surface area contributed by atoms with E-state index in [9.17, 15) is 19.5 Å². The zero-order valence-corrected chi connectivity index (χ0v) is 20.2. The number of thioether (sulfide) groups is 1. The Morgan fingerprint density at radius 3 is 2.51 bits per heavy atom. The molecule has 11 heteroatoms. The topological polar surface area (TPSA) is 132 Å². The van der Waals surface area contributed by atoms with Crippen molar-refractivity contribution in [3.8, 4) is 11.5 Å². The lowest BCUT2D eigenvalue weighted by Gasteiger charge is -2.12. The van der Waals surface area contributed by atoms with Gasteiger partial charge in [0.15, 0.2) is 18.1 Å². The number of rotatable bonds is 8. The van der Waals surface area contributed by atoms with Crippen LogP contribution in [0.5, 0.6) is 11.5 Å². The SMILES string of the molecule is CCOC(=O)C1=C(O)/C(=C/c2cc(Cl)c(OCC(=O)O)c(OC)c2)SC1=NC(=O)c1ccccc1. The lowest BCUT2D eigenvalue weighted by molar-refractivity contribution is -0.139. The maximum atomic E-state index is 12.6. The van der Waals surface area contributed by atoms with Crippen LogP contribution in [0.2, 0.25) is 5.02 Å². The molecule has 0 aromatic heterocycles. The van der Waals surface area contributed by atoms with E-state index in [-0.39, 0.29) is 38.7 Å². The monoisotopic (exact) mass is 517 g/mol. The summed E-state index contributed by atoms with van der Waals surface area (Å²) >= 11 is 7.16. The summed E-state index contributed by atoms with van der Waals surface area (Å²) in [6.45, 7) is 1.06. The third-order valence-corrected chi connectivity index (χ3v) is 5.78. The van der Waals surface area contributed by atoms with Gasteiger partial charge in [0.2, 0.25) is 0 Å². The van der Waals surface area contributed by atoms with Crippen molar-refractivity contribution in [2.24, 2.45) is 4.99 Å². The largest absolute Gasteiger partial charge is 0.506 e. The fourth-order valence-corrected chi connectivity index (χ4v) is 4.26. The molecule has 35 heavy (non-hydrogen) atoms. The number of aliphatic imine (C=N–C) groups is 1. The summed E-state index contributed by atoms with van der Waals surface area (Å²) in [4.78, 5) is 40.2. The molecular weight excluding hydrogens is 498 g/mol. The second-order valence-electron chi connectivity index (χ2n) is 6.86. The maximum Gasteiger partial charge on any atom is 0.344 e. The molecule has 0 saturated heterocycles. The molecule has 0 spiro atoms. The average molecular weight is 518 g/mol. The third kappa shape index (κ3) is 6.23. The van der Waals surface area contributed by atoms with Crippen molar-refractivity contribution in [1.29, 1.82) is 0 Å². The Kier molecular flexibility index (Phi) is 8.56. The van der Waals surface area contributed by atoms with Crippen LogP contribution in [0.15, 0.2) is 63.7 Å². The highest BCUT2D eigenvalue weighted by Gasteiger charge is 2.34. The lowest BCUT2D eigenvalue weighted by atomic mass is 10.1. The van der Waals surface area contributed by atoms with Gasteiger partial charge in [-0.25, -0.2) is 14.6 Å². The number of carbonyl (C=O) groups excluding carboxylic acids is 2. The molecule has 0 radical (unpaired) electrons. The highest BCUT2D eigenvalue weighted by molar-refractivity contribution is 8.18. The number of carboxylic acids is 1. The Morgan fingerprint density at radius 2 is 1.89 bits per heavy atom. The standard InChI is InChI=1S/C24H20ClNO8S/c1-3-33-24(31)19-20(29)17(35-23(19)26-22(30)14-7-5-4-6-8-14)11-13-9-15(25)21(16(10-13)32-2)34-12-18(27)28/h4-11,29H,3,12H2,1-2H3,(H,27,28)/b17-11-,26-23?. The molecule has 1 aliphatic heterocycles. The van der Waals surface area contributed by atoms with E-state index in [0.29, 0.717) is 11.1 Å². The number of aliphatic hydroxyl groups excluding tert-OH is 1. The maximum absolute atomic E-state index is 12.6. The van der Waals surface area contributed by atoms with E-state index in [0.717, 1.165) is 11.8 Å². The van der Waals surface area contributed by atoms with E-state index in [1.54, 1.807) is 37.3 Å². The number of hydrogen-bond acceptors (Lipinski definition) is 8. The number of amides is 1. The number of carboxylic acid groups (broad SMARTS) is 1. The van der Waals surface area contributed by atoms with Crippen LogP contribution in [0.3, 0.4) is 0 Å². The Labute approximate surface area is 209 Å². The van der Waals surface area contributed by atoms with Gasteiger partial charge in [-0.05, 0) is 42.8 Å². The van der Waals surface area contributed by atoms with Crippen molar-refractivity contribution in [2.75, 3.05) is 20.3 Å². The zero-order valence-electron chi connectivity index (χ0n) is 18.6. The van der Waals surface area contributed by atoms with Gasteiger partial charge < -0.3 is 24.4 Å². The van der Waals surface area contributed by atoms with Crippen LogP contribution in [0.4, 0.5) is 0 Å². The van der Waals surface area contributed by atoms with Crippen LogP contribution in [0.1, 0.15) is 22.8 Å². The van der Waals surface area contributed by atoms with Crippen LogP contribution in [-0.4, -0.2) is 53.4 Å². The predicted octanol–water partition coefficient (Wildman–Crippen LogP) is 4.51. The van der Waals surface area contributed by atoms with E-state index < -0.39 is 30.2 Å². The van der Waals surface area contributed by atoms with Crippen molar-refractivity contribution < 1.29 is 38.8 Å². The van der Waals surface area contributed by atoms with Crippen molar-refractivity contribution in [3.05, 3.63) is 74.9 Å². The fraction of sp³-hybridized carbons (Fsp3) is 0.167. The van der Waals surface area contributed by atoms with E-state index in [1.807, 2.05) is 0 Å². The minimum Gasteiger partial charge on any atom is -0.506 e. The molecule has 9 nitrogen and oxygen atoms in total. The number of aliphatic carboxylic acids is 1. The summed E-state index contributed by atoms with van der Waals surface area (Å²) < 4.78 is 15.5. The summed E-state index contributed by atoms with van der Waals surface area (Å²) in [6.07, 6.45) is 1.50. The number of ether oxygens (including phenoxy) is 3. The van der Waals surface area contributed by atoms with E-state index in [4.69, 9.17) is 30.9 Å². The number of halogens is 1. The first kappa shape index (κ1) is 25.9. The van der Waals surface area contributed by atoms with Crippen LogP contribution in [0.25, 0.3) is 6.08 Å². The molecule has 1 amide bonds. The van der Waals surface area contributed by atoms with Crippen LogP contribution >= 0.6 is 23.4 Å². The molecule has 0 bridgehead atoms. The molecule has 3 rings (SSSR count). The molecule has 0 aliphatic carbocycles. The Morgan fingerprint density at radius 1 is 1.17 bits per heavy atom. The zero-order chi connectivity index (χ0) is 25.5. The molecule has 0 saturated carbocycles. The summed E-state index contributed by atoms with van der Waals surface area (Å²) in [7, 11) is 1.36. The Hall–Kier alpha value is -3.76. The minimum absolute atomic E-state index is 0.0134. The number of nitrogens with zero attached hydrogens (tertiary/aromatic N) is 1. The molecule has 0 unspecified atom stereocenters. The van der Waals surface area contributed by atoms with Gasteiger partial charge in [-0.1, -0.05) is 41.6 Å². The molecule has 0 fully saturated rings. The van der Waals surface area contributed by atoms with Crippen LogP contribution in [-0.2, 0) is 14.3 Å². The van der Waals surface area contributed by atoms with Gasteiger partial charge in [-0.3, -0.25) is 4.79 Å². The lowest BCUT2D eigenvalue weighted by Crippen LogP contribution is -2.14. The molecule has 2 aromatic rings. The smallest absolute Gasteiger partial charge is 0.344 e. The highest BCUT2D eigenvalue weighted by atomic mass is 35.5. The first-order chi connectivity index (χ1) is 16.7. The van der Waals surface area contributed by atoms with Crippen molar-refractivity contribution in [2.45, 2.75) is 6.92 Å². The van der Waals surface area contributed by atoms with Crippen molar-refractivity contribution >= 4 is 52.3 Å². The van der Waals surface area contributed by atoms with E-state index >= 15 is 0 Å². The van der Waals surface area contributed by atoms with Gasteiger partial charge >= 0.3 is 11.9 Å². The fourth-order valence-electron chi connectivity index (χ4n) is 2.98. The second kappa shape index (κ2) is 11.6. The summed E-state index contributed by atoms with van der Waals surface area (Å²) in [5.41, 5.74) is 0.531. The van der Waals surface area contributed by atoms with Gasteiger partial charge in [0.1, 0.15) is 16.4 Å². The number of esters is 1. The number of aliphatic hydroxyl groups is 1. The molecular formula is C24H20ClNO8S. The van der Waals surface area contributed by atoms with E-state index in [1.165, 1.54) is 25.3 Å². The molecule has 182 valence electrons. The normalized spacial score (nSPS) is 15.4. The number of carbonyl (C=O) groups is 3. The van der Waals surface area contributed by atoms with Crippen LogP contribution < -0.4 is 9.47 Å². The second-order valence-corrected chi connectivity index (χ2v) is 8.30. The quantitative estimate of drug-likeness (QED) is 0.485. The Balaban J connectivity index is 2.01. The van der Waals surface area contributed by atoms with Gasteiger partial charge in [-0.2, -0.15) is 0 Å². The molecule has 1 heterocycles. The summed E-state index contributed by atoms with van der Waals surface area (Å²) in [5.74, 6) is -2.80. The van der Waals surface area contributed by atoms with Gasteiger partial charge in [-0.15, -0.1) is 0 Å². The molecule has 2 N–H and O–H groups in total. The van der Waals surface area contributed by atoms with Gasteiger partial charge in [0, 0.05) is 5.56 Å². The van der Waals surface area contributed by atoms with E-state index in [2.05, 4.69) is 4.99 Å². The average Bonchev–Trinajstić information content (AvgIpc) is 3.12. The number of methoxy groups -OCH3 is 1. The molecule has 2 aromatic carbocycles. The summed E-state index contributed by atoms with van der Waals surface area (Å²) in [6, 6.07) is 11.3. The molecule has 1 aliphatic rings. The first-order valence-corrected chi connectivity index (χ1v) is 11.3. The number of hydrogen-bond donors (Lipinski definition) is 2. The Bertz CT molecular complexity index is 1250. The first-order valence-electron chi connectivity index (χ1n) is 10.2. The van der Waals surface area contributed by atoms with Crippen molar-refractivity contribution in [3.63, 3.8) is 0 Å². The molecule has 0 atom stereocenters. The predicted molar refractivity (Wildman–Crippen MR) is 131 cm³/mol. The van der Waals surface area contributed by atoms with Gasteiger partial charge in [0.25, 0.3) is 5.91 Å².